The zero-order valence-electron chi connectivity index (χ0n) is 12.0. The number of hydrogen-bond donors (Lipinski definition) is 1. The van der Waals surface area contributed by atoms with Gasteiger partial charge in [-0.2, -0.15) is 5.10 Å². The SMILES string of the molecule is CN(C)C(=O)C1C/C(=N\N)c2c(ccc3ccccc23)S1. The molecule has 2 aromatic rings. The summed E-state index contributed by atoms with van der Waals surface area (Å²) in [6, 6.07) is 12.3. The lowest BCUT2D eigenvalue weighted by Gasteiger charge is -2.27. The fourth-order valence-corrected chi connectivity index (χ4v) is 4.01. The van der Waals surface area contributed by atoms with Crippen LogP contribution in [0.2, 0.25) is 0 Å². The Kier molecular flexibility index (Phi) is 3.59. The van der Waals surface area contributed by atoms with Gasteiger partial charge in [-0.05, 0) is 16.8 Å². The molecule has 5 heteroatoms. The first kappa shape index (κ1) is 13.9. The highest BCUT2D eigenvalue weighted by Gasteiger charge is 2.31. The van der Waals surface area contributed by atoms with Crippen LogP contribution in [0.25, 0.3) is 10.8 Å². The van der Waals surface area contributed by atoms with Crippen LogP contribution < -0.4 is 5.84 Å². The summed E-state index contributed by atoms with van der Waals surface area (Å²) in [5.74, 6) is 5.70. The van der Waals surface area contributed by atoms with Gasteiger partial charge in [0.15, 0.2) is 0 Å². The van der Waals surface area contributed by atoms with Crippen LogP contribution in [0.4, 0.5) is 0 Å². The summed E-state index contributed by atoms with van der Waals surface area (Å²) >= 11 is 1.60. The van der Waals surface area contributed by atoms with Crippen LogP contribution in [0.5, 0.6) is 0 Å². The van der Waals surface area contributed by atoms with Crippen molar-refractivity contribution < 1.29 is 4.79 Å². The fraction of sp³-hybridized carbons (Fsp3) is 0.250. The quantitative estimate of drug-likeness (QED) is 0.650. The van der Waals surface area contributed by atoms with E-state index in [-0.39, 0.29) is 11.2 Å². The van der Waals surface area contributed by atoms with E-state index in [4.69, 9.17) is 5.84 Å². The summed E-state index contributed by atoms with van der Waals surface area (Å²) in [5.41, 5.74) is 1.88. The number of nitrogens with zero attached hydrogens (tertiary/aromatic N) is 2. The van der Waals surface area contributed by atoms with Crippen LogP contribution in [-0.4, -0.2) is 35.9 Å². The lowest BCUT2D eigenvalue weighted by Crippen LogP contribution is -2.35. The number of hydrogen-bond acceptors (Lipinski definition) is 4. The normalized spacial score (nSPS) is 19.5. The van der Waals surface area contributed by atoms with Crippen molar-refractivity contribution in [2.75, 3.05) is 14.1 Å². The van der Waals surface area contributed by atoms with Crippen LogP contribution >= 0.6 is 11.8 Å². The molecule has 0 radical (unpaired) electrons. The Bertz CT molecular complexity index is 739. The molecule has 0 bridgehead atoms. The molecule has 0 fully saturated rings. The van der Waals surface area contributed by atoms with Gasteiger partial charge in [0, 0.05) is 31.0 Å². The summed E-state index contributed by atoms with van der Waals surface area (Å²) < 4.78 is 0. The molecule has 1 heterocycles. The third kappa shape index (κ3) is 2.38. The molecule has 1 aliphatic heterocycles. The van der Waals surface area contributed by atoms with Gasteiger partial charge in [0.25, 0.3) is 0 Å². The van der Waals surface area contributed by atoms with Gasteiger partial charge in [0.1, 0.15) is 0 Å². The highest BCUT2D eigenvalue weighted by molar-refractivity contribution is 8.00. The number of benzene rings is 2. The maximum atomic E-state index is 12.2. The van der Waals surface area contributed by atoms with Gasteiger partial charge in [-0.15, -0.1) is 11.8 Å². The Hall–Kier alpha value is -2.01. The van der Waals surface area contributed by atoms with E-state index in [2.05, 4.69) is 29.4 Å². The molecule has 1 aliphatic rings. The second kappa shape index (κ2) is 5.41. The van der Waals surface area contributed by atoms with E-state index in [9.17, 15) is 4.79 Å². The zero-order chi connectivity index (χ0) is 15.0. The lowest BCUT2D eigenvalue weighted by atomic mass is 9.97. The van der Waals surface area contributed by atoms with E-state index in [1.54, 1.807) is 30.8 Å². The van der Waals surface area contributed by atoms with Crippen molar-refractivity contribution in [1.29, 1.82) is 0 Å². The predicted molar refractivity (Wildman–Crippen MR) is 87.6 cm³/mol. The van der Waals surface area contributed by atoms with Crippen molar-refractivity contribution in [2.45, 2.75) is 16.6 Å². The molecule has 0 aliphatic carbocycles. The van der Waals surface area contributed by atoms with Gasteiger partial charge in [-0.25, -0.2) is 0 Å². The Morgan fingerprint density at radius 2 is 2.05 bits per heavy atom. The standard InChI is InChI=1S/C16H17N3OS/c1-19(2)16(20)14-9-12(18-17)15-11-6-4-3-5-10(11)7-8-13(15)21-14/h3-8,14H,9,17H2,1-2H3/b18-12+. The van der Waals surface area contributed by atoms with Crippen molar-refractivity contribution in [3.05, 3.63) is 42.0 Å². The molecule has 2 aromatic carbocycles. The highest BCUT2D eigenvalue weighted by atomic mass is 32.2. The molecule has 21 heavy (non-hydrogen) atoms. The number of carbonyl (C=O) groups is 1. The average molecular weight is 299 g/mol. The van der Waals surface area contributed by atoms with Gasteiger partial charge in [0.2, 0.25) is 5.91 Å². The van der Waals surface area contributed by atoms with Gasteiger partial charge in [-0.1, -0.05) is 30.3 Å². The van der Waals surface area contributed by atoms with E-state index >= 15 is 0 Å². The minimum atomic E-state index is -0.157. The van der Waals surface area contributed by atoms with Crippen LogP contribution in [-0.2, 0) is 4.79 Å². The first-order valence-corrected chi connectivity index (χ1v) is 7.66. The molecule has 0 saturated carbocycles. The Morgan fingerprint density at radius 3 is 2.76 bits per heavy atom. The second-order valence-electron chi connectivity index (χ2n) is 5.28. The largest absolute Gasteiger partial charge is 0.348 e. The maximum absolute atomic E-state index is 12.2. The van der Waals surface area contributed by atoms with Crippen LogP contribution in [0.1, 0.15) is 12.0 Å². The van der Waals surface area contributed by atoms with Crippen molar-refractivity contribution in [1.82, 2.24) is 4.90 Å². The fourth-order valence-electron chi connectivity index (χ4n) is 2.66. The summed E-state index contributed by atoms with van der Waals surface area (Å²) in [7, 11) is 3.55. The molecule has 0 aromatic heterocycles. The lowest BCUT2D eigenvalue weighted by molar-refractivity contribution is -0.128. The molecule has 1 atom stereocenters. The first-order valence-electron chi connectivity index (χ1n) is 6.78. The number of hydrazone groups is 1. The molecule has 3 rings (SSSR count). The number of fused-ring (bicyclic) bond motifs is 3. The van der Waals surface area contributed by atoms with E-state index in [0.717, 1.165) is 26.9 Å². The topological polar surface area (TPSA) is 58.7 Å². The van der Waals surface area contributed by atoms with Crippen molar-refractivity contribution in [3.63, 3.8) is 0 Å². The van der Waals surface area contributed by atoms with E-state index < -0.39 is 0 Å². The zero-order valence-corrected chi connectivity index (χ0v) is 12.9. The third-order valence-corrected chi connectivity index (χ3v) is 4.95. The van der Waals surface area contributed by atoms with E-state index in [0.29, 0.717) is 6.42 Å². The summed E-state index contributed by atoms with van der Waals surface area (Å²) in [5, 5.41) is 6.11. The molecular weight excluding hydrogens is 282 g/mol. The second-order valence-corrected chi connectivity index (χ2v) is 6.52. The molecule has 0 saturated heterocycles. The van der Waals surface area contributed by atoms with Gasteiger partial charge in [-0.3, -0.25) is 4.79 Å². The van der Waals surface area contributed by atoms with Crippen LogP contribution in [0.15, 0.2) is 46.4 Å². The Morgan fingerprint density at radius 1 is 1.29 bits per heavy atom. The van der Waals surface area contributed by atoms with Gasteiger partial charge in [0.05, 0.1) is 11.0 Å². The predicted octanol–water partition coefficient (Wildman–Crippen LogP) is 2.46. The average Bonchev–Trinajstić information content (AvgIpc) is 2.52. The molecule has 2 N–H and O–H groups in total. The molecule has 4 nitrogen and oxygen atoms in total. The minimum Gasteiger partial charge on any atom is -0.348 e. The van der Waals surface area contributed by atoms with Crippen molar-refractivity contribution in [2.24, 2.45) is 10.9 Å². The smallest absolute Gasteiger partial charge is 0.235 e. The van der Waals surface area contributed by atoms with Crippen LogP contribution in [0, 0.1) is 0 Å². The number of nitrogens with two attached hydrogens (primary N) is 1. The summed E-state index contributed by atoms with van der Waals surface area (Å²) in [4.78, 5) is 14.9. The number of carbonyl (C=O) groups excluding carboxylic acids is 1. The molecular formula is C16H17N3OS. The number of thioether (sulfide) groups is 1. The Labute approximate surface area is 128 Å². The van der Waals surface area contributed by atoms with Crippen LogP contribution in [0.3, 0.4) is 0 Å². The number of amides is 1. The maximum Gasteiger partial charge on any atom is 0.235 e. The summed E-state index contributed by atoms with van der Waals surface area (Å²) in [6.45, 7) is 0. The monoisotopic (exact) mass is 299 g/mol. The van der Waals surface area contributed by atoms with E-state index in [1.807, 2.05) is 12.1 Å². The Balaban J connectivity index is 2.13. The molecule has 1 unspecified atom stereocenters. The van der Waals surface area contributed by atoms with Crippen molar-refractivity contribution in [3.8, 4) is 0 Å². The first-order chi connectivity index (χ1) is 10.1. The van der Waals surface area contributed by atoms with Gasteiger partial charge < -0.3 is 10.7 Å². The van der Waals surface area contributed by atoms with E-state index in [1.165, 1.54) is 0 Å². The molecule has 1 amide bonds. The number of rotatable bonds is 1. The van der Waals surface area contributed by atoms with Crippen molar-refractivity contribution >= 4 is 34.2 Å². The molecule has 108 valence electrons. The highest BCUT2D eigenvalue weighted by Crippen LogP contribution is 2.39. The molecule has 0 spiro atoms. The minimum absolute atomic E-state index is 0.0972. The van der Waals surface area contributed by atoms with Gasteiger partial charge >= 0.3 is 0 Å². The summed E-state index contributed by atoms with van der Waals surface area (Å²) in [6.07, 6.45) is 0.569. The third-order valence-electron chi connectivity index (χ3n) is 3.70.